The minimum absolute atomic E-state index is 0.267. The van der Waals surface area contributed by atoms with Crippen LogP contribution in [0.15, 0.2) is 6.07 Å². The van der Waals surface area contributed by atoms with Crippen LogP contribution in [0.25, 0.3) is 0 Å². The van der Waals surface area contributed by atoms with Gasteiger partial charge in [-0.2, -0.15) is 0 Å². The minimum atomic E-state index is 0.267. The molecule has 1 amide bonds. The second-order valence-corrected chi connectivity index (χ2v) is 8.09. The Balaban J connectivity index is 1.48. The number of amides is 1. The van der Waals surface area contributed by atoms with E-state index in [9.17, 15) is 4.79 Å². The normalized spacial score (nSPS) is 24.0. The Morgan fingerprint density at radius 2 is 1.77 bits per heavy atom. The number of hydrogen-bond acceptors (Lipinski definition) is 4. The fourth-order valence-corrected chi connectivity index (χ4v) is 4.46. The van der Waals surface area contributed by atoms with Gasteiger partial charge in [-0.1, -0.05) is 26.2 Å². The summed E-state index contributed by atoms with van der Waals surface area (Å²) in [6.45, 7) is 9.58. The van der Waals surface area contributed by atoms with Crippen LogP contribution in [0.5, 0.6) is 0 Å². The summed E-state index contributed by atoms with van der Waals surface area (Å²) in [6, 6.07) is 2.04. The first-order chi connectivity index (χ1) is 12.6. The average molecular weight is 359 g/mol. The predicted molar refractivity (Wildman–Crippen MR) is 105 cm³/mol. The largest absolute Gasteiger partial charge is 0.353 e. The molecule has 1 saturated carbocycles. The van der Waals surface area contributed by atoms with Crippen LogP contribution >= 0.6 is 0 Å². The Kier molecular flexibility index (Phi) is 6.49. The highest BCUT2D eigenvalue weighted by Gasteiger charge is 2.31. The second-order valence-electron chi connectivity index (χ2n) is 8.09. The molecule has 5 nitrogen and oxygen atoms in total. The summed E-state index contributed by atoms with van der Waals surface area (Å²) < 4.78 is 0. The first-order valence-electron chi connectivity index (χ1n) is 10.4. The maximum atomic E-state index is 12.9. The van der Waals surface area contributed by atoms with Gasteiger partial charge in [0, 0.05) is 43.9 Å². The van der Waals surface area contributed by atoms with Crippen molar-refractivity contribution in [3.63, 3.8) is 0 Å². The predicted octanol–water partition coefficient (Wildman–Crippen LogP) is 3.74. The Morgan fingerprint density at radius 1 is 1.08 bits per heavy atom. The average Bonchev–Trinajstić information content (AvgIpc) is 2.65. The quantitative estimate of drug-likeness (QED) is 0.804. The highest BCUT2D eigenvalue weighted by Crippen LogP contribution is 2.33. The number of rotatable bonds is 5. The Morgan fingerprint density at radius 3 is 2.38 bits per heavy atom. The summed E-state index contributed by atoms with van der Waals surface area (Å²) in [5, 5.41) is 0. The lowest BCUT2D eigenvalue weighted by atomic mass is 9.79. The van der Waals surface area contributed by atoms with Crippen LogP contribution in [0.2, 0.25) is 0 Å². The molecule has 1 saturated heterocycles. The number of piperazine rings is 1. The molecule has 1 aromatic heterocycles. The molecule has 26 heavy (non-hydrogen) atoms. The first-order valence-corrected chi connectivity index (χ1v) is 10.4. The molecule has 0 N–H and O–H groups in total. The molecule has 3 rings (SSSR count). The van der Waals surface area contributed by atoms with E-state index in [1.807, 2.05) is 19.9 Å². The third-order valence-electron chi connectivity index (χ3n) is 6.03. The molecule has 144 valence electrons. The van der Waals surface area contributed by atoms with Gasteiger partial charge in [0.05, 0.1) is 0 Å². The van der Waals surface area contributed by atoms with Crippen LogP contribution in [0, 0.1) is 25.7 Å². The molecule has 2 aliphatic rings. The molecular weight excluding hydrogens is 324 g/mol. The van der Waals surface area contributed by atoms with Crippen molar-refractivity contribution >= 4 is 11.7 Å². The molecule has 0 atom stereocenters. The fourth-order valence-electron chi connectivity index (χ4n) is 4.46. The van der Waals surface area contributed by atoms with Gasteiger partial charge in [-0.3, -0.25) is 4.79 Å². The molecule has 0 aromatic carbocycles. The monoisotopic (exact) mass is 358 g/mol. The molecule has 5 heteroatoms. The van der Waals surface area contributed by atoms with E-state index in [0.29, 0.717) is 5.91 Å². The molecule has 1 aromatic rings. The lowest BCUT2D eigenvalue weighted by Crippen LogP contribution is -2.51. The number of aryl methyl sites for hydroxylation is 2. The summed E-state index contributed by atoms with van der Waals surface area (Å²) in [5.74, 6) is 3.34. The van der Waals surface area contributed by atoms with E-state index < -0.39 is 0 Å². The lowest BCUT2D eigenvalue weighted by Gasteiger charge is -2.38. The van der Waals surface area contributed by atoms with Crippen molar-refractivity contribution in [2.75, 3.05) is 31.1 Å². The molecule has 0 unspecified atom stereocenters. The summed E-state index contributed by atoms with van der Waals surface area (Å²) in [7, 11) is 0. The van der Waals surface area contributed by atoms with E-state index in [2.05, 4.69) is 26.7 Å². The van der Waals surface area contributed by atoms with E-state index in [1.165, 1.54) is 32.1 Å². The molecule has 1 aliphatic heterocycles. The molecule has 0 radical (unpaired) electrons. The van der Waals surface area contributed by atoms with Crippen LogP contribution in [0.1, 0.15) is 63.4 Å². The van der Waals surface area contributed by atoms with Gasteiger partial charge >= 0.3 is 0 Å². The number of carbonyl (C=O) groups excluding carboxylic acids is 1. The number of hydrogen-bond donors (Lipinski definition) is 0. The smallest absolute Gasteiger partial charge is 0.225 e. The van der Waals surface area contributed by atoms with Crippen LogP contribution < -0.4 is 4.90 Å². The number of carbonyl (C=O) groups is 1. The van der Waals surface area contributed by atoms with Gasteiger partial charge in [-0.25, -0.2) is 9.97 Å². The third-order valence-corrected chi connectivity index (χ3v) is 6.03. The molecule has 2 heterocycles. The molecular formula is C21H34N4O. The topological polar surface area (TPSA) is 49.3 Å². The molecule has 0 bridgehead atoms. The van der Waals surface area contributed by atoms with E-state index in [0.717, 1.165) is 62.3 Å². The zero-order chi connectivity index (χ0) is 18.5. The van der Waals surface area contributed by atoms with Gasteiger partial charge in [0.2, 0.25) is 5.91 Å². The second kappa shape index (κ2) is 8.83. The Labute approximate surface area is 158 Å². The Hall–Kier alpha value is -1.65. The van der Waals surface area contributed by atoms with Crippen molar-refractivity contribution in [2.45, 2.75) is 65.7 Å². The van der Waals surface area contributed by atoms with Gasteiger partial charge in [0.25, 0.3) is 0 Å². The first kappa shape index (κ1) is 19.1. The number of anilines is 1. The van der Waals surface area contributed by atoms with Crippen LogP contribution in [-0.4, -0.2) is 47.0 Å². The molecule has 1 aliphatic carbocycles. The summed E-state index contributed by atoms with van der Waals surface area (Å²) in [6.07, 6.45) is 8.66. The van der Waals surface area contributed by atoms with Gasteiger partial charge in [0.1, 0.15) is 11.6 Å². The van der Waals surface area contributed by atoms with Crippen molar-refractivity contribution in [3.8, 4) is 0 Å². The highest BCUT2D eigenvalue weighted by molar-refractivity contribution is 5.79. The number of aromatic nitrogens is 2. The number of unbranched alkanes of at least 4 members (excludes halogenated alkanes) is 1. The van der Waals surface area contributed by atoms with Gasteiger partial charge in [-0.15, -0.1) is 0 Å². The van der Waals surface area contributed by atoms with Crippen molar-refractivity contribution in [1.82, 2.24) is 14.9 Å². The Bertz CT molecular complexity index is 582. The highest BCUT2D eigenvalue weighted by atomic mass is 16.2. The maximum absolute atomic E-state index is 12.9. The zero-order valence-electron chi connectivity index (χ0n) is 16.7. The SMILES string of the molecule is CCCCC1CCC(C(=O)N2CCN(c3cc(C)nc(C)n3)CC2)CC1. The zero-order valence-corrected chi connectivity index (χ0v) is 16.7. The van der Waals surface area contributed by atoms with E-state index in [4.69, 9.17) is 0 Å². The van der Waals surface area contributed by atoms with E-state index in [-0.39, 0.29) is 5.92 Å². The fraction of sp³-hybridized carbons (Fsp3) is 0.762. The standard InChI is InChI=1S/C21H34N4O/c1-4-5-6-18-7-9-19(10-8-18)21(26)25-13-11-24(12-14-25)20-15-16(2)22-17(3)23-20/h15,18-19H,4-14H2,1-3H3. The van der Waals surface area contributed by atoms with Gasteiger partial charge < -0.3 is 9.80 Å². The van der Waals surface area contributed by atoms with E-state index in [1.54, 1.807) is 0 Å². The van der Waals surface area contributed by atoms with Crippen molar-refractivity contribution in [3.05, 3.63) is 17.6 Å². The molecule has 0 spiro atoms. The van der Waals surface area contributed by atoms with Crippen LogP contribution in [-0.2, 0) is 4.79 Å². The lowest BCUT2D eigenvalue weighted by molar-refractivity contribution is -0.137. The van der Waals surface area contributed by atoms with Gasteiger partial charge in [-0.05, 0) is 45.4 Å². The van der Waals surface area contributed by atoms with Crippen LogP contribution in [0.4, 0.5) is 5.82 Å². The third kappa shape index (κ3) is 4.74. The maximum Gasteiger partial charge on any atom is 0.225 e. The summed E-state index contributed by atoms with van der Waals surface area (Å²) >= 11 is 0. The van der Waals surface area contributed by atoms with Crippen molar-refractivity contribution in [2.24, 2.45) is 11.8 Å². The molecule has 2 fully saturated rings. The van der Waals surface area contributed by atoms with E-state index >= 15 is 0 Å². The summed E-state index contributed by atoms with van der Waals surface area (Å²) in [4.78, 5) is 26.2. The van der Waals surface area contributed by atoms with Crippen molar-refractivity contribution in [1.29, 1.82) is 0 Å². The van der Waals surface area contributed by atoms with Gasteiger partial charge in [0.15, 0.2) is 0 Å². The number of nitrogens with zero attached hydrogens (tertiary/aromatic N) is 4. The van der Waals surface area contributed by atoms with Crippen LogP contribution in [0.3, 0.4) is 0 Å². The minimum Gasteiger partial charge on any atom is -0.353 e. The summed E-state index contributed by atoms with van der Waals surface area (Å²) in [5.41, 5.74) is 1.01. The van der Waals surface area contributed by atoms with Crippen molar-refractivity contribution < 1.29 is 4.79 Å².